The van der Waals surface area contributed by atoms with Gasteiger partial charge in [-0.1, -0.05) is 18.2 Å². The zero-order valence-electron chi connectivity index (χ0n) is 19.6. The van der Waals surface area contributed by atoms with Gasteiger partial charge in [-0.05, 0) is 30.3 Å². The molecular formula is C25H25N5O4S. The summed E-state index contributed by atoms with van der Waals surface area (Å²) in [7, 11) is 0.942. The first-order chi connectivity index (χ1) is 16.9. The minimum absolute atomic E-state index is 0.149. The lowest BCUT2D eigenvalue weighted by molar-refractivity contribution is 0.365. The first kappa shape index (κ1) is 22.7. The minimum Gasteiger partial charge on any atom is -0.481 e. The van der Waals surface area contributed by atoms with E-state index in [0.717, 1.165) is 21.8 Å². The number of nitrogens with zero attached hydrogens (tertiary/aromatic N) is 5. The second-order valence-electron chi connectivity index (χ2n) is 8.01. The van der Waals surface area contributed by atoms with Gasteiger partial charge in [0.1, 0.15) is 5.69 Å². The fourth-order valence-electron chi connectivity index (χ4n) is 4.30. The molecule has 0 N–H and O–H groups in total. The maximum absolute atomic E-state index is 14.1. The van der Waals surface area contributed by atoms with Crippen LogP contribution in [0.5, 0.6) is 11.8 Å². The van der Waals surface area contributed by atoms with E-state index in [1.165, 1.54) is 18.5 Å². The van der Waals surface area contributed by atoms with Crippen molar-refractivity contribution in [1.82, 2.24) is 19.1 Å². The maximum atomic E-state index is 14.1. The summed E-state index contributed by atoms with van der Waals surface area (Å²) in [6.07, 6.45) is 5.09. The van der Waals surface area contributed by atoms with Gasteiger partial charge in [-0.25, -0.2) is 13.4 Å². The average molecular weight is 492 g/mol. The number of hydrogen-bond acceptors (Lipinski definition) is 6. The van der Waals surface area contributed by atoms with Crippen molar-refractivity contribution in [2.24, 2.45) is 7.05 Å². The predicted molar refractivity (Wildman–Crippen MR) is 135 cm³/mol. The largest absolute Gasteiger partial charge is 0.481 e. The number of para-hydroxylation sites is 1. The number of benzene rings is 2. The van der Waals surface area contributed by atoms with Crippen LogP contribution in [-0.4, -0.2) is 48.3 Å². The number of anilines is 1. The Morgan fingerprint density at radius 1 is 0.971 bits per heavy atom. The maximum Gasteiger partial charge on any atom is 0.264 e. The van der Waals surface area contributed by atoms with E-state index in [4.69, 9.17) is 9.47 Å². The van der Waals surface area contributed by atoms with Gasteiger partial charge in [0.25, 0.3) is 10.0 Å². The Hall–Kier alpha value is -4.05. The van der Waals surface area contributed by atoms with Crippen LogP contribution in [0.2, 0.25) is 0 Å². The number of pyridine rings is 1. The molecule has 180 valence electrons. The summed E-state index contributed by atoms with van der Waals surface area (Å²) in [4.78, 5) is 8.54. The molecule has 0 bridgehead atoms. The summed E-state index contributed by atoms with van der Waals surface area (Å²) in [6, 6.07) is 16.4. The molecule has 0 radical (unpaired) electrons. The van der Waals surface area contributed by atoms with Crippen molar-refractivity contribution in [3.63, 3.8) is 0 Å². The molecule has 9 nitrogen and oxygen atoms in total. The lowest BCUT2D eigenvalue weighted by Crippen LogP contribution is -2.34. The SMILES string of the molecule is COc1ccc(N(CCn2ccnc2)S(=O)(=O)c2ccc3c(c2)c2ccccc2n3C)c(OC)n1. The van der Waals surface area contributed by atoms with Gasteiger partial charge in [-0.3, -0.25) is 4.31 Å². The van der Waals surface area contributed by atoms with E-state index in [-0.39, 0.29) is 17.3 Å². The third kappa shape index (κ3) is 3.95. The number of ether oxygens (including phenoxy) is 2. The van der Waals surface area contributed by atoms with E-state index in [0.29, 0.717) is 18.1 Å². The van der Waals surface area contributed by atoms with E-state index in [9.17, 15) is 8.42 Å². The lowest BCUT2D eigenvalue weighted by atomic mass is 10.1. The number of aryl methyl sites for hydroxylation is 1. The summed E-state index contributed by atoms with van der Waals surface area (Å²) in [5, 5.41) is 1.87. The Bertz CT molecular complexity index is 1610. The highest BCUT2D eigenvalue weighted by molar-refractivity contribution is 7.92. The molecule has 0 spiro atoms. The van der Waals surface area contributed by atoms with Gasteiger partial charge in [0.15, 0.2) is 0 Å². The van der Waals surface area contributed by atoms with Gasteiger partial charge < -0.3 is 18.6 Å². The molecular weight excluding hydrogens is 466 g/mol. The van der Waals surface area contributed by atoms with Crippen LogP contribution < -0.4 is 13.8 Å². The van der Waals surface area contributed by atoms with E-state index in [1.54, 1.807) is 43.0 Å². The average Bonchev–Trinajstić information content (AvgIpc) is 3.50. The summed E-state index contributed by atoms with van der Waals surface area (Å²) in [6.45, 7) is 0.543. The summed E-state index contributed by atoms with van der Waals surface area (Å²) < 4.78 is 44.0. The molecule has 35 heavy (non-hydrogen) atoms. The molecule has 3 aromatic heterocycles. The Labute approximate surface area is 203 Å². The van der Waals surface area contributed by atoms with Gasteiger partial charge in [0.05, 0.1) is 32.0 Å². The van der Waals surface area contributed by atoms with Crippen LogP contribution in [0, 0.1) is 0 Å². The van der Waals surface area contributed by atoms with Crippen molar-refractivity contribution in [2.45, 2.75) is 11.4 Å². The molecule has 0 fully saturated rings. The number of methoxy groups -OCH3 is 2. The van der Waals surface area contributed by atoms with Gasteiger partial charge in [0, 0.05) is 53.9 Å². The molecule has 10 heteroatoms. The molecule has 3 heterocycles. The monoisotopic (exact) mass is 491 g/mol. The molecule has 0 unspecified atom stereocenters. The number of aromatic nitrogens is 4. The third-order valence-electron chi connectivity index (χ3n) is 6.08. The number of imidazole rings is 1. The minimum atomic E-state index is -3.98. The molecule has 0 amide bonds. The van der Waals surface area contributed by atoms with Crippen LogP contribution in [0.1, 0.15) is 0 Å². The predicted octanol–water partition coefficient (Wildman–Crippen LogP) is 3.84. The van der Waals surface area contributed by atoms with Gasteiger partial charge in [0.2, 0.25) is 11.8 Å². The summed E-state index contributed by atoms with van der Waals surface area (Å²) in [5.41, 5.74) is 2.32. The summed E-state index contributed by atoms with van der Waals surface area (Å²) >= 11 is 0. The zero-order chi connectivity index (χ0) is 24.6. The van der Waals surface area contributed by atoms with Crippen molar-refractivity contribution in [3.05, 3.63) is 73.3 Å². The molecule has 0 saturated heterocycles. The molecule has 0 aliphatic carbocycles. The summed E-state index contributed by atoms with van der Waals surface area (Å²) in [5.74, 6) is 0.486. The van der Waals surface area contributed by atoms with Crippen LogP contribution in [0.15, 0.2) is 78.2 Å². The van der Waals surface area contributed by atoms with E-state index in [2.05, 4.69) is 14.5 Å². The van der Waals surface area contributed by atoms with Gasteiger partial charge in [-0.2, -0.15) is 4.98 Å². The van der Waals surface area contributed by atoms with Crippen molar-refractivity contribution in [3.8, 4) is 11.8 Å². The quantitative estimate of drug-likeness (QED) is 0.328. The van der Waals surface area contributed by atoms with E-state index in [1.807, 2.05) is 41.9 Å². The van der Waals surface area contributed by atoms with Crippen LogP contribution in [0.3, 0.4) is 0 Å². The zero-order valence-corrected chi connectivity index (χ0v) is 20.4. The standard InChI is InChI=1S/C25H25N5O4S/c1-28-21-7-5-4-6-19(21)20-16-18(8-9-22(20)28)35(31,32)30(15-14-29-13-12-26-17-29)23-10-11-24(33-2)27-25(23)34-3/h4-13,16-17H,14-15H2,1-3H3. The Morgan fingerprint density at radius 3 is 2.51 bits per heavy atom. The van der Waals surface area contributed by atoms with E-state index >= 15 is 0 Å². The smallest absolute Gasteiger partial charge is 0.264 e. The second-order valence-corrected chi connectivity index (χ2v) is 9.88. The molecule has 0 aliphatic rings. The molecule has 5 rings (SSSR count). The normalized spacial score (nSPS) is 11.7. The fraction of sp³-hybridized carbons (Fsp3) is 0.200. The van der Waals surface area contributed by atoms with Crippen LogP contribution in [0.4, 0.5) is 5.69 Å². The van der Waals surface area contributed by atoms with Crippen LogP contribution >= 0.6 is 0 Å². The van der Waals surface area contributed by atoms with Crippen LogP contribution in [0.25, 0.3) is 21.8 Å². The molecule has 2 aromatic carbocycles. The van der Waals surface area contributed by atoms with Crippen molar-refractivity contribution < 1.29 is 17.9 Å². The van der Waals surface area contributed by atoms with Crippen LogP contribution in [-0.2, 0) is 23.6 Å². The molecule has 0 aliphatic heterocycles. The number of hydrogen-bond donors (Lipinski definition) is 0. The lowest BCUT2D eigenvalue weighted by Gasteiger charge is -2.26. The third-order valence-corrected chi connectivity index (χ3v) is 7.89. The molecule has 0 atom stereocenters. The number of sulfonamides is 1. The Balaban J connectivity index is 1.65. The number of fused-ring (bicyclic) bond motifs is 3. The molecule has 5 aromatic rings. The van der Waals surface area contributed by atoms with Gasteiger partial charge >= 0.3 is 0 Å². The highest BCUT2D eigenvalue weighted by Gasteiger charge is 2.29. The number of rotatable bonds is 8. The highest BCUT2D eigenvalue weighted by Crippen LogP contribution is 2.35. The Morgan fingerprint density at radius 2 is 1.77 bits per heavy atom. The topological polar surface area (TPSA) is 91.5 Å². The highest BCUT2D eigenvalue weighted by atomic mass is 32.2. The Kier molecular flexibility index (Phi) is 5.81. The first-order valence-corrected chi connectivity index (χ1v) is 12.4. The van der Waals surface area contributed by atoms with Crippen molar-refractivity contribution >= 4 is 37.5 Å². The van der Waals surface area contributed by atoms with Crippen molar-refractivity contribution in [1.29, 1.82) is 0 Å². The van der Waals surface area contributed by atoms with E-state index < -0.39 is 10.0 Å². The second kappa shape index (κ2) is 8.95. The molecule has 0 saturated carbocycles. The van der Waals surface area contributed by atoms with Gasteiger partial charge in [-0.15, -0.1) is 0 Å². The first-order valence-electron chi connectivity index (χ1n) is 11.0. The fourth-order valence-corrected chi connectivity index (χ4v) is 5.78. The van der Waals surface area contributed by atoms with Crippen molar-refractivity contribution in [2.75, 3.05) is 25.1 Å².